The van der Waals surface area contributed by atoms with Crippen LogP contribution in [0.2, 0.25) is 0 Å². The number of anilines is 1. The smallest absolute Gasteiger partial charge is 0.256 e. The molecule has 0 aliphatic rings. The number of nitrogens with one attached hydrogen (secondary N) is 1. The van der Waals surface area contributed by atoms with Crippen molar-refractivity contribution in [3.63, 3.8) is 0 Å². The molecule has 146 valence electrons. The zero-order valence-corrected chi connectivity index (χ0v) is 17.3. The quantitative estimate of drug-likeness (QED) is 0.692. The lowest BCUT2D eigenvalue weighted by Crippen LogP contribution is -2.15. The lowest BCUT2D eigenvalue weighted by atomic mass is 9.92. The molecule has 0 unspecified atom stereocenters. The molecular weight excluding hydrogens is 350 g/mol. The van der Waals surface area contributed by atoms with E-state index in [1.54, 1.807) is 31.4 Å². The lowest BCUT2D eigenvalue weighted by molar-refractivity contribution is 0.102. The van der Waals surface area contributed by atoms with Gasteiger partial charge in [-0.25, -0.2) is 4.68 Å². The normalized spacial score (nSPS) is 11.4. The molecule has 1 heterocycles. The first-order valence-electron chi connectivity index (χ1n) is 9.33. The van der Waals surface area contributed by atoms with E-state index in [2.05, 4.69) is 46.0 Å². The summed E-state index contributed by atoms with van der Waals surface area (Å²) in [6.45, 7) is 10.5. The molecule has 1 N–H and O–H groups in total. The molecular formula is C23H27N3O2. The third kappa shape index (κ3) is 3.93. The number of benzene rings is 2. The molecule has 0 atom stereocenters. The number of rotatable bonds is 4. The van der Waals surface area contributed by atoms with Crippen molar-refractivity contribution in [1.82, 2.24) is 9.78 Å². The minimum atomic E-state index is -0.186. The molecule has 0 bridgehead atoms. The van der Waals surface area contributed by atoms with Gasteiger partial charge >= 0.3 is 0 Å². The number of carbonyl (C=O) groups excluding carboxylic acids is 1. The van der Waals surface area contributed by atoms with Gasteiger partial charge in [0.1, 0.15) is 11.6 Å². The summed E-state index contributed by atoms with van der Waals surface area (Å²) >= 11 is 0. The van der Waals surface area contributed by atoms with E-state index in [-0.39, 0.29) is 11.3 Å². The predicted octanol–water partition coefficient (Wildman–Crippen LogP) is 5.05. The standard InChI is InChI=1S/C23H27N3O2/c1-15-8-7-9-19(16(15)2)26-21(14-20(25-26)23(3,4)5)24-22(27)17-10-12-18(28-6)13-11-17/h7-14H,1-6H3,(H,24,27). The SMILES string of the molecule is COc1ccc(C(=O)Nc2cc(C(C)(C)C)nn2-c2cccc(C)c2C)cc1. The third-order valence-electron chi connectivity index (χ3n) is 4.88. The first-order valence-corrected chi connectivity index (χ1v) is 9.33. The van der Waals surface area contributed by atoms with Crippen molar-refractivity contribution in [2.75, 3.05) is 12.4 Å². The fraction of sp³-hybridized carbons (Fsp3) is 0.304. The van der Waals surface area contributed by atoms with E-state index in [4.69, 9.17) is 9.84 Å². The number of amides is 1. The van der Waals surface area contributed by atoms with Crippen molar-refractivity contribution in [2.24, 2.45) is 0 Å². The maximum Gasteiger partial charge on any atom is 0.256 e. The Kier molecular flexibility index (Phi) is 5.27. The van der Waals surface area contributed by atoms with Gasteiger partial charge in [0.05, 0.1) is 18.5 Å². The highest BCUT2D eigenvalue weighted by Gasteiger charge is 2.22. The van der Waals surface area contributed by atoms with Crippen molar-refractivity contribution in [2.45, 2.75) is 40.0 Å². The van der Waals surface area contributed by atoms with Crippen LogP contribution in [0.4, 0.5) is 5.82 Å². The summed E-state index contributed by atoms with van der Waals surface area (Å²) in [5.74, 6) is 1.18. The Morgan fingerprint density at radius 3 is 2.36 bits per heavy atom. The average Bonchev–Trinajstić information content (AvgIpc) is 3.08. The van der Waals surface area contributed by atoms with Crippen LogP contribution in [0.15, 0.2) is 48.5 Å². The highest BCUT2D eigenvalue weighted by atomic mass is 16.5. The van der Waals surface area contributed by atoms with Gasteiger partial charge in [-0.15, -0.1) is 0 Å². The van der Waals surface area contributed by atoms with Gasteiger partial charge in [0.2, 0.25) is 0 Å². The van der Waals surface area contributed by atoms with Crippen molar-refractivity contribution >= 4 is 11.7 Å². The van der Waals surface area contributed by atoms with Gasteiger partial charge in [-0.05, 0) is 55.3 Å². The zero-order valence-electron chi connectivity index (χ0n) is 17.3. The number of carbonyl (C=O) groups is 1. The second kappa shape index (κ2) is 7.50. The van der Waals surface area contributed by atoms with Gasteiger partial charge in [-0.3, -0.25) is 4.79 Å². The van der Waals surface area contributed by atoms with Crippen LogP contribution in [0.1, 0.15) is 48.0 Å². The van der Waals surface area contributed by atoms with Gasteiger partial charge in [0.15, 0.2) is 0 Å². The fourth-order valence-corrected chi connectivity index (χ4v) is 2.92. The molecule has 0 fully saturated rings. The fourth-order valence-electron chi connectivity index (χ4n) is 2.92. The van der Waals surface area contributed by atoms with Crippen molar-refractivity contribution in [3.8, 4) is 11.4 Å². The van der Waals surface area contributed by atoms with E-state index < -0.39 is 0 Å². The lowest BCUT2D eigenvalue weighted by Gasteiger charge is -2.15. The van der Waals surface area contributed by atoms with Crippen LogP contribution in [0.5, 0.6) is 5.75 Å². The van der Waals surface area contributed by atoms with Crippen LogP contribution in [0.25, 0.3) is 5.69 Å². The summed E-state index contributed by atoms with van der Waals surface area (Å²) in [5.41, 5.74) is 4.61. The number of aromatic nitrogens is 2. The second-order valence-electron chi connectivity index (χ2n) is 7.98. The minimum Gasteiger partial charge on any atom is -0.497 e. The summed E-state index contributed by atoms with van der Waals surface area (Å²) in [6.07, 6.45) is 0. The van der Waals surface area contributed by atoms with E-state index in [0.29, 0.717) is 17.1 Å². The van der Waals surface area contributed by atoms with Crippen LogP contribution in [0, 0.1) is 13.8 Å². The molecule has 0 radical (unpaired) electrons. The molecule has 1 aromatic heterocycles. The molecule has 28 heavy (non-hydrogen) atoms. The van der Waals surface area contributed by atoms with Gasteiger partial charge in [-0.1, -0.05) is 32.9 Å². The molecule has 0 spiro atoms. The van der Waals surface area contributed by atoms with Crippen LogP contribution in [0.3, 0.4) is 0 Å². The Morgan fingerprint density at radius 1 is 1.07 bits per heavy atom. The van der Waals surface area contributed by atoms with E-state index in [0.717, 1.165) is 16.9 Å². The molecule has 5 nitrogen and oxygen atoms in total. The Morgan fingerprint density at radius 2 is 1.75 bits per heavy atom. The Hall–Kier alpha value is -3.08. The summed E-state index contributed by atoms with van der Waals surface area (Å²) < 4.78 is 6.99. The van der Waals surface area contributed by atoms with E-state index in [1.807, 2.05) is 22.9 Å². The first-order chi connectivity index (χ1) is 13.2. The van der Waals surface area contributed by atoms with Crippen LogP contribution < -0.4 is 10.1 Å². The number of hydrogen-bond acceptors (Lipinski definition) is 3. The van der Waals surface area contributed by atoms with Gasteiger partial charge in [0, 0.05) is 17.0 Å². The van der Waals surface area contributed by atoms with Crippen molar-refractivity contribution in [1.29, 1.82) is 0 Å². The monoisotopic (exact) mass is 377 g/mol. The molecule has 0 aliphatic heterocycles. The Labute approximate surface area is 166 Å². The molecule has 1 amide bonds. The zero-order chi connectivity index (χ0) is 20.5. The van der Waals surface area contributed by atoms with Crippen molar-refractivity contribution in [3.05, 3.63) is 70.9 Å². The average molecular weight is 377 g/mol. The molecule has 0 saturated heterocycles. The largest absolute Gasteiger partial charge is 0.497 e. The third-order valence-corrected chi connectivity index (χ3v) is 4.88. The highest BCUT2D eigenvalue weighted by molar-refractivity contribution is 6.04. The number of nitrogens with zero attached hydrogens (tertiary/aromatic N) is 2. The first kappa shape index (κ1) is 19.7. The van der Waals surface area contributed by atoms with Gasteiger partial charge in [0.25, 0.3) is 5.91 Å². The molecule has 2 aromatic carbocycles. The molecule has 5 heteroatoms. The van der Waals surface area contributed by atoms with Crippen LogP contribution in [-0.2, 0) is 5.41 Å². The van der Waals surface area contributed by atoms with E-state index >= 15 is 0 Å². The molecule has 0 aliphatic carbocycles. The van der Waals surface area contributed by atoms with Crippen LogP contribution in [-0.4, -0.2) is 22.8 Å². The maximum atomic E-state index is 12.8. The summed E-state index contributed by atoms with van der Waals surface area (Å²) in [5, 5.41) is 7.83. The Balaban J connectivity index is 2.02. The molecule has 3 aromatic rings. The van der Waals surface area contributed by atoms with Crippen LogP contribution >= 0.6 is 0 Å². The van der Waals surface area contributed by atoms with E-state index in [9.17, 15) is 4.79 Å². The topological polar surface area (TPSA) is 56.1 Å². The second-order valence-corrected chi connectivity index (χ2v) is 7.98. The maximum absolute atomic E-state index is 12.8. The number of ether oxygens (including phenoxy) is 1. The van der Waals surface area contributed by atoms with E-state index in [1.165, 1.54) is 5.56 Å². The Bertz CT molecular complexity index is 996. The summed E-state index contributed by atoms with van der Waals surface area (Å²) in [4.78, 5) is 12.8. The minimum absolute atomic E-state index is 0.136. The predicted molar refractivity (Wildman–Crippen MR) is 113 cm³/mol. The summed E-state index contributed by atoms with van der Waals surface area (Å²) in [6, 6.07) is 15.1. The highest BCUT2D eigenvalue weighted by Crippen LogP contribution is 2.28. The summed E-state index contributed by atoms with van der Waals surface area (Å²) in [7, 11) is 1.60. The number of aryl methyl sites for hydroxylation is 1. The number of hydrogen-bond donors (Lipinski definition) is 1. The molecule has 3 rings (SSSR count). The van der Waals surface area contributed by atoms with Crippen molar-refractivity contribution < 1.29 is 9.53 Å². The van der Waals surface area contributed by atoms with Gasteiger partial charge in [-0.2, -0.15) is 5.10 Å². The number of methoxy groups -OCH3 is 1. The molecule has 0 saturated carbocycles. The van der Waals surface area contributed by atoms with Gasteiger partial charge < -0.3 is 10.1 Å².